The first-order valence-electron chi connectivity index (χ1n) is 8.12. The molecule has 1 aliphatic heterocycles. The summed E-state index contributed by atoms with van der Waals surface area (Å²) in [6.07, 6.45) is 3.27. The van der Waals surface area contributed by atoms with E-state index in [1.807, 2.05) is 12.1 Å². The molecular weight excluding hydrogens is 344 g/mol. The SMILES string of the molecule is COc1ccccc1NC(=O)Cc1noc(C2(C)CCCCN2)n1.Cl. The number of piperidine rings is 1. The van der Waals surface area contributed by atoms with Gasteiger partial charge in [0.2, 0.25) is 11.8 Å². The van der Waals surface area contributed by atoms with Gasteiger partial charge in [0, 0.05) is 0 Å². The monoisotopic (exact) mass is 366 g/mol. The van der Waals surface area contributed by atoms with Crippen LogP contribution >= 0.6 is 12.4 Å². The average Bonchev–Trinajstić information content (AvgIpc) is 3.05. The van der Waals surface area contributed by atoms with Crippen LogP contribution in [0.3, 0.4) is 0 Å². The van der Waals surface area contributed by atoms with Crippen molar-refractivity contribution in [2.45, 2.75) is 38.1 Å². The lowest BCUT2D eigenvalue weighted by atomic mass is 9.91. The summed E-state index contributed by atoms with van der Waals surface area (Å²) in [4.78, 5) is 16.6. The first-order valence-corrected chi connectivity index (χ1v) is 8.12. The first kappa shape index (κ1) is 19.2. The largest absolute Gasteiger partial charge is 0.495 e. The number of ether oxygens (including phenoxy) is 1. The number of aromatic nitrogens is 2. The molecule has 25 heavy (non-hydrogen) atoms. The van der Waals surface area contributed by atoms with E-state index in [9.17, 15) is 4.79 Å². The number of rotatable bonds is 5. The lowest BCUT2D eigenvalue weighted by molar-refractivity contribution is -0.115. The molecule has 1 saturated heterocycles. The predicted molar refractivity (Wildman–Crippen MR) is 96.1 cm³/mol. The maximum Gasteiger partial charge on any atom is 0.246 e. The van der Waals surface area contributed by atoms with Gasteiger partial charge in [-0.3, -0.25) is 4.79 Å². The number of amides is 1. The molecule has 1 aliphatic rings. The van der Waals surface area contributed by atoms with Gasteiger partial charge in [0.15, 0.2) is 5.82 Å². The Kier molecular flexibility index (Phi) is 6.39. The molecule has 2 aromatic rings. The van der Waals surface area contributed by atoms with Crippen LogP contribution in [0.2, 0.25) is 0 Å². The van der Waals surface area contributed by atoms with E-state index in [0.717, 1.165) is 25.8 Å². The van der Waals surface area contributed by atoms with Gasteiger partial charge in [0.05, 0.1) is 24.8 Å². The van der Waals surface area contributed by atoms with Gasteiger partial charge in [0.25, 0.3) is 0 Å². The van der Waals surface area contributed by atoms with Crippen LogP contribution in [0.15, 0.2) is 28.8 Å². The van der Waals surface area contributed by atoms with Crippen LogP contribution in [0.4, 0.5) is 5.69 Å². The van der Waals surface area contributed by atoms with E-state index in [-0.39, 0.29) is 30.3 Å². The van der Waals surface area contributed by atoms with E-state index in [2.05, 4.69) is 27.7 Å². The van der Waals surface area contributed by atoms with Crippen LogP contribution in [-0.2, 0) is 16.8 Å². The Morgan fingerprint density at radius 3 is 2.92 bits per heavy atom. The van der Waals surface area contributed by atoms with Crippen molar-refractivity contribution in [2.24, 2.45) is 0 Å². The summed E-state index contributed by atoms with van der Waals surface area (Å²) in [6.45, 7) is 2.99. The van der Waals surface area contributed by atoms with Crippen molar-refractivity contribution in [3.8, 4) is 5.75 Å². The number of hydrogen-bond donors (Lipinski definition) is 2. The number of methoxy groups -OCH3 is 1. The normalized spacial score (nSPS) is 19.8. The van der Waals surface area contributed by atoms with Crippen LogP contribution in [-0.4, -0.2) is 29.7 Å². The average molecular weight is 367 g/mol. The highest BCUT2D eigenvalue weighted by Crippen LogP contribution is 2.28. The summed E-state index contributed by atoms with van der Waals surface area (Å²) in [5.41, 5.74) is 0.317. The molecular formula is C17H23ClN4O3. The number of para-hydroxylation sites is 2. The highest BCUT2D eigenvalue weighted by Gasteiger charge is 2.34. The summed E-state index contributed by atoms with van der Waals surface area (Å²) in [5.74, 6) is 1.32. The number of nitrogens with one attached hydrogen (secondary N) is 2. The zero-order valence-electron chi connectivity index (χ0n) is 14.4. The van der Waals surface area contributed by atoms with Crippen LogP contribution < -0.4 is 15.4 Å². The lowest BCUT2D eigenvalue weighted by Gasteiger charge is -2.31. The predicted octanol–water partition coefficient (Wildman–Crippen LogP) is 2.67. The van der Waals surface area contributed by atoms with Gasteiger partial charge in [-0.25, -0.2) is 0 Å². The third kappa shape index (κ3) is 4.49. The maximum atomic E-state index is 12.2. The van der Waals surface area contributed by atoms with Crippen molar-refractivity contribution in [3.63, 3.8) is 0 Å². The Bertz CT molecular complexity index is 713. The standard InChI is InChI=1S/C17H22N4O3.ClH/c1-17(9-5-6-10-18-17)16-20-14(21-24-16)11-15(22)19-12-7-3-4-8-13(12)23-2;/h3-4,7-8,18H,5-6,9-11H2,1-2H3,(H,19,22);1H. The molecule has 1 aromatic heterocycles. The second kappa shape index (κ2) is 8.31. The number of anilines is 1. The molecule has 136 valence electrons. The molecule has 8 heteroatoms. The molecule has 1 amide bonds. The van der Waals surface area contributed by atoms with Crippen molar-refractivity contribution in [3.05, 3.63) is 36.0 Å². The van der Waals surface area contributed by atoms with Crippen molar-refractivity contribution < 1.29 is 14.1 Å². The van der Waals surface area contributed by atoms with Gasteiger partial charge < -0.3 is 19.9 Å². The van der Waals surface area contributed by atoms with Crippen LogP contribution in [0.1, 0.15) is 37.9 Å². The second-order valence-corrected chi connectivity index (χ2v) is 6.16. The molecule has 1 aromatic carbocycles. The van der Waals surface area contributed by atoms with Gasteiger partial charge in [-0.1, -0.05) is 17.3 Å². The highest BCUT2D eigenvalue weighted by molar-refractivity contribution is 5.93. The van der Waals surface area contributed by atoms with E-state index < -0.39 is 0 Å². The Labute approximate surface area is 152 Å². The Morgan fingerprint density at radius 1 is 1.40 bits per heavy atom. The number of nitrogens with zero attached hydrogens (tertiary/aromatic N) is 2. The summed E-state index contributed by atoms with van der Waals surface area (Å²) in [5, 5.41) is 10.2. The molecule has 0 radical (unpaired) electrons. The van der Waals surface area contributed by atoms with Gasteiger partial charge in [0.1, 0.15) is 5.75 Å². The number of hydrogen-bond acceptors (Lipinski definition) is 6. The fourth-order valence-electron chi connectivity index (χ4n) is 2.87. The summed E-state index contributed by atoms with van der Waals surface area (Å²) < 4.78 is 10.6. The molecule has 1 atom stereocenters. The molecule has 2 N–H and O–H groups in total. The Balaban J connectivity index is 0.00000225. The van der Waals surface area contributed by atoms with Crippen LogP contribution in [0.25, 0.3) is 0 Å². The van der Waals surface area contributed by atoms with Crippen LogP contribution in [0, 0.1) is 0 Å². The number of halogens is 1. The van der Waals surface area contributed by atoms with Gasteiger partial charge >= 0.3 is 0 Å². The molecule has 2 heterocycles. The summed E-state index contributed by atoms with van der Waals surface area (Å²) >= 11 is 0. The fourth-order valence-corrected chi connectivity index (χ4v) is 2.87. The molecule has 0 bridgehead atoms. The van der Waals surface area contributed by atoms with Crippen molar-refractivity contribution in [1.29, 1.82) is 0 Å². The minimum atomic E-state index is -0.303. The fraction of sp³-hybridized carbons (Fsp3) is 0.471. The number of benzene rings is 1. The lowest BCUT2D eigenvalue weighted by Crippen LogP contribution is -2.43. The van der Waals surface area contributed by atoms with Gasteiger partial charge in [-0.15, -0.1) is 12.4 Å². The number of carbonyl (C=O) groups excluding carboxylic acids is 1. The minimum absolute atomic E-state index is 0. The van der Waals surface area contributed by atoms with Crippen molar-refractivity contribution in [1.82, 2.24) is 15.5 Å². The van der Waals surface area contributed by atoms with E-state index in [4.69, 9.17) is 9.26 Å². The highest BCUT2D eigenvalue weighted by atomic mass is 35.5. The molecule has 3 rings (SSSR count). The first-order chi connectivity index (χ1) is 11.6. The molecule has 0 spiro atoms. The second-order valence-electron chi connectivity index (χ2n) is 6.16. The topological polar surface area (TPSA) is 89.3 Å². The Morgan fingerprint density at radius 2 is 2.20 bits per heavy atom. The van der Waals surface area contributed by atoms with Crippen molar-refractivity contribution in [2.75, 3.05) is 19.0 Å². The Hall–Kier alpha value is -2.12. The van der Waals surface area contributed by atoms with E-state index in [1.54, 1.807) is 19.2 Å². The molecule has 1 unspecified atom stereocenters. The van der Waals surface area contributed by atoms with Crippen LogP contribution in [0.5, 0.6) is 5.75 Å². The summed E-state index contributed by atoms with van der Waals surface area (Å²) in [6, 6.07) is 7.25. The zero-order chi connectivity index (χ0) is 17.0. The zero-order valence-corrected chi connectivity index (χ0v) is 15.2. The van der Waals surface area contributed by atoms with Gasteiger partial charge in [-0.2, -0.15) is 4.98 Å². The minimum Gasteiger partial charge on any atom is -0.495 e. The quantitative estimate of drug-likeness (QED) is 0.845. The van der Waals surface area contributed by atoms with E-state index >= 15 is 0 Å². The van der Waals surface area contributed by atoms with Crippen molar-refractivity contribution >= 4 is 24.0 Å². The van der Waals surface area contributed by atoms with E-state index in [1.165, 1.54) is 0 Å². The third-order valence-corrected chi connectivity index (χ3v) is 4.26. The summed E-state index contributed by atoms with van der Waals surface area (Å²) in [7, 11) is 1.56. The van der Waals surface area contributed by atoms with Gasteiger partial charge in [-0.05, 0) is 44.9 Å². The molecule has 1 fully saturated rings. The maximum absolute atomic E-state index is 12.2. The number of carbonyl (C=O) groups is 1. The smallest absolute Gasteiger partial charge is 0.246 e. The molecule has 7 nitrogen and oxygen atoms in total. The molecule has 0 saturated carbocycles. The van der Waals surface area contributed by atoms with E-state index in [0.29, 0.717) is 23.2 Å². The third-order valence-electron chi connectivity index (χ3n) is 4.26. The molecule has 0 aliphatic carbocycles.